The lowest BCUT2D eigenvalue weighted by molar-refractivity contribution is 0.661. The summed E-state index contributed by atoms with van der Waals surface area (Å²) >= 11 is 0. The van der Waals surface area contributed by atoms with Gasteiger partial charge in [0.2, 0.25) is 0 Å². The second-order valence-electron chi connectivity index (χ2n) is 14.9. The van der Waals surface area contributed by atoms with Crippen LogP contribution < -0.4 is 0 Å². The molecule has 0 radical (unpaired) electrons. The standard InChI is InChI=1S/C51H34N2/c1-51(2)44-24-12-23-40(49(44)43-27-33-15-6-7-16-34(33)29-45(43)51)36-19-8-9-20-38(36)47-30-46(52-50(53-47)32-13-4-3-5-14-32)35-25-26-37-39-21-10-17-31-18-11-22-41(48(31)39)42(37)28-35/h3-30H,1-2H3. The number of nitrogens with zero attached hydrogens (tertiary/aromatic N) is 2. The zero-order valence-electron chi connectivity index (χ0n) is 29.6. The van der Waals surface area contributed by atoms with Gasteiger partial charge in [-0.2, -0.15) is 0 Å². The van der Waals surface area contributed by atoms with Crippen LogP contribution in [0, 0.1) is 0 Å². The van der Waals surface area contributed by atoms with E-state index in [0.717, 1.165) is 33.9 Å². The summed E-state index contributed by atoms with van der Waals surface area (Å²) in [7, 11) is 0. The molecule has 248 valence electrons. The first-order chi connectivity index (χ1) is 26.0. The molecule has 0 atom stereocenters. The number of fused-ring (bicyclic) bond motifs is 7. The number of hydrogen-bond acceptors (Lipinski definition) is 2. The van der Waals surface area contributed by atoms with Crippen LogP contribution in [0.2, 0.25) is 0 Å². The van der Waals surface area contributed by atoms with Crippen molar-refractivity contribution >= 4 is 21.5 Å². The maximum absolute atomic E-state index is 5.32. The third-order valence-corrected chi connectivity index (χ3v) is 11.6. The van der Waals surface area contributed by atoms with Crippen LogP contribution in [0.5, 0.6) is 0 Å². The average Bonchev–Trinajstić information content (AvgIpc) is 3.65. The summed E-state index contributed by atoms with van der Waals surface area (Å²) in [4.78, 5) is 10.6. The van der Waals surface area contributed by atoms with E-state index in [-0.39, 0.29) is 5.41 Å². The lowest BCUT2D eigenvalue weighted by atomic mass is 9.81. The Balaban J connectivity index is 1.12. The molecule has 11 rings (SSSR count). The van der Waals surface area contributed by atoms with Crippen LogP contribution in [0.1, 0.15) is 25.0 Å². The van der Waals surface area contributed by atoms with Gasteiger partial charge in [-0.3, -0.25) is 0 Å². The third kappa shape index (κ3) is 4.45. The smallest absolute Gasteiger partial charge is 0.160 e. The molecule has 8 aromatic carbocycles. The van der Waals surface area contributed by atoms with Crippen LogP contribution in [0.4, 0.5) is 0 Å². The van der Waals surface area contributed by atoms with Crippen molar-refractivity contribution in [2.75, 3.05) is 0 Å². The Bertz CT molecular complexity index is 2970. The summed E-state index contributed by atoms with van der Waals surface area (Å²) in [6, 6.07) is 61.7. The van der Waals surface area contributed by atoms with E-state index in [1.807, 2.05) is 6.07 Å². The van der Waals surface area contributed by atoms with Gasteiger partial charge in [-0.1, -0.05) is 159 Å². The molecule has 0 N–H and O–H groups in total. The minimum Gasteiger partial charge on any atom is -0.228 e. The Morgan fingerprint density at radius 1 is 0.358 bits per heavy atom. The van der Waals surface area contributed by atoms with Gasteiger partial charge in [-0.05, 0) is 101 Å². The highest BCUT2D eigenvalue weighted by Gasteiger charge is 2.37. The zero-order chi connectivity index (χ0) is 35.3. The molecule has 2 aliphatic carbocycles. The molecular formula is C51H34N2. The molecule has 0 saturated carbocycles. The monoisotopic (exact) mass is 674 g/mol. The van der Waals surface area contributed by atoms with Gasteiger partial charge in [0.25, 0.3) is 0 Å². The fourth-order valence-electron chi connectivity index (χ4n) is 9.04. The van der Waals surface area contributed by atoms with E-state index in [9.17, 15) is 0 Å². The first-order valence-electron chi connectivity index (χ1n) is 18.4. The van der Waals surface area contributed by atoms with E-state index in [1.165, 1.54) is 77.2 Å². The SMILES string of the molecule is CC1(C)c2cc3ccccc3cc2-c2c(-c3ccccc3-c3cc(-c4ccc5c(c4)-c4cccc6cccc-5c46)nc(-c4ccccc4)n3)cccc21. The van der Waals surface area contributed by atoms with Crippen molar-refractivity contribution in [3.05, 3.63) is 181 Å². The highest BCUT2D eigenvalue weighted by atomic mass is 14.9. The normalized spacial score (nSPS) is 13.2. The number of rotatable bonds is 4. The van der Waals surface area contributed by atoms with Crippen molar-refractivity contribution in [2.45, 2.75) is 19.3 Å². The quantitative estimate of drug-likeness (QED) is 0.186. The predicted molar refractivity (Wildman–Crippen MR) is 221 cm³/mol. The Morgan fingerprint density at radius 3 is 1.77 bits per heavy atom. The number of benzene rings is 8. The van der Waals surface area contributed by atoms with Gasteiger partial charge in [0.05, 0.1) is 11.4 Å². The van der Waals surface area contributed by atoms with Gasteiger partial charge in [0.1, 0.15) is 0 Å². The Labute approximate surface area is 309 Å². The van der Waals surface area contributed by atoms with E-state index in [1.54, 1.807) is 0 Å². The minimum absolute atomic E-state index is 0.125. The molecule has 0 unspecified atom stereocenters. The van der Waals surface area contributed by atoms with Crippen molar-refractivity contribution in [2.24, 2.45) is 0 Å². The van der Waals surface area contributed by atoms with Crippen molar-refractivity contribution in [1.82, 2.24) is 9.97 Å². The molecule has 9 aromatic rings. The van der Waals surface area contributed by atoms with Crippen molar-refractivity contribution in [1.29, 1.82) is 0 Å². The highest BCUT2D eigenvalue weighted by molar-refractivity contribution is 6.15. The van der Waals surface area contributed by atoms with Gasteiger partial charge < -0.3 is 0 Å². The van der Waals surface area contributed by atoms with E-state index in [2.05, 4.69) is 178 Å². The Hall–Kier alpha value is -6.64. The van der Waals surface area contributed by atoms with E-state index in [4.69, 9.17) is 9.97 Å². The van der Waals surface area contributed by atoms with E-state index >= 15 is 0 Å². The van der Waals surface area contributed by atoms with Crippen molar-refractivity contribution < 1.29 is 0 Å². The van der Waals surface area contributed by atoms with Gasteiger partial charge in [0, 0.05) is 22.1 Å². The molecule has 1 heterocycles. The minimum atomic E-state index is -0.125. The first-order valence-corrected chi connectivity index (χ1v) is 18.4. The molecule has 0 spiro atoms. The summed E-state index contributed by atoms with van der Waals surface area (Å²) in [5.74, 6) is 0.718. The van der Waals surface area contributed by atoms with Gasteiger partial charge in [-0.15, -0.1) is 0 Å². The number of aromatic nitrogens is 2. The van der Waals surface area contributed by atoms with E-state index in [0.29, 0.717) is 0 Å². The van der Waals surface area contributed by atoms with Crippen molar-refractivity contribution in [3.8, 4) is 78.4 Å². The Kier molecular flexibility index (Phi) is 6.33. The fourth-order valence-corrected chi connectivity index (χ4v) is 9.04. The highest BCUT2D eigenvalue weighted by Crippen LogP contribution is 2.54. The fraction of sp³-hybridized carbons (Fsp3) is 0.0588. The summed E-state index contributed by atoms with van der Waals surface area (Å²) in [5.41, 5.74) is 17.7. The molecule has 0 bridgehead atoms. The molecule has 2 heteroatoms. The van der Waals surface area contributed by atoms with Crippen LogP contribution in [0.15, 0.2) is 170 Å². The molecule has 2 aliphatic rings. The molecule has 1 aromatic heterocycles. The van der Waals surface area contributed by atoms with Crippen LogP contribution in [0.3, 0.4) is 0 Å². The maximum atomic E-state index is 5.32. The molecule has 0 amide bonds. The third-order valence-electron chi connectivity index (χ3n) is 11.6. The lowest BCUT2D eigenvalue weighted by Gasteiger charge is -2.22. The topological polar surface area (TPSA) is 25.8 Å². The second-order valence-corrected chi connectivity index (χ2v) is 14.9. The first kappa shape index (κ1) is 30.0. The maximum Gasteiger partial charge on any atom is 0.160 e. The van der Waals surface area contributed by atoms with E-state index < -0.39 is 0 Å². The van der Waals surface area contributed by atoms with Crippen LogP contribution in [0.25, 0.3) is 100.0 Å². The second kappa shape index (κ2) is 11.2. The summed E-state index contributed by atoms with van der Waals surface area (Å²) in [5, 5.41) is 5.15. The van der Waals surface area contributed by atoms with Crippen molar-refractivity contribution in [3.63, 3.8) is 0 Å². The molecule has 0 fully saturated rings. The lowest BCUT2D eigenvalue weighted by Crippen LogP contribution is -2.14. The predicted octanol–water partition coefficient (Wildman–Crippen LogP) is 13.4. The van der Waals surface area contributed by atoms with Crippen LogP contribution in [-0.2, 0) is 5.41 Å². The molecule has 2 nitrogen and oxygen atoms in total. The molecular weight excluding hydrogens is 641 g/mol. The van der Waals surface area contributed by atoms with Crippen LogP contribution in [-0.4, -0.2) is 9.97 Å². The Morgan fingerprint density at radius 2 is 0.962 bits per heavy atom. The number of hydrogen-bond donors (Lipinski definition) is 0. The van der Waals surface area contributed by atoms with Gasteiger partial charge in [0.15, 0.2) is 5.82 Å². The van der Waals surface area contributed by atoms with Crippen LogP contribution >= 0.6 is 0 Å². The summed E-state index contributed by atoms with van der Waals surface area (Å²) in [6.45, 7) is 4.72. The van der Waals surface area contributed by atoms with Gasteiger partial charge >= 0.3 is 0 Å². The average molecular weight is 675 g/mol. The molecule has 0 saturated heterocycles. The zero-order valence-corrected chi connectivity index (χ0v) is 29.6. The molecule has 53 heavy (non-hydrogen) atoms. The van der Waals surface area contributed by atoms with Gasteiger partial charge in [-0.25, -0.2) is 9.97 Å². The summed E-state index contributed by atoms with van der Waals surface area (Å²) in [6.07, 6.45) is 0. The molecule has 0 aliphatic heterocycles. The summed E-state index contributed by atoms with van der Waals surface area (Å²) < 4.78 is 0. The largest absolute Gasteiger partial charge is 0.228 e.